The Balaban J connectivity index is 1.46. The number of rotatable bonds is 6. The Kier molecular flexibility index (Phi) is 5.66. The van der Waals surface area contributed by atoms with Gasteiger partial charge in [-0.1, -0.05) is 18.5 Å². The van der Waals surface area contributed by atoms with Crippen molar-refractivity contribution in [2.24, 2.45) is 5.92 Å². The fourth-order valence-electron chi connectivity index (χ4n) is 4.36. The molecule has 1 aromatic carbocycles. The van der Waals surface area contributed by atoms with Crippen LogP contribution in [-0.4, -0.2) is 51.2 Å². The molecule has 0 amide bonds. The molecule has 9 nitrogen and oxygen atoms in total. The van der Waals surface area contributed by atoms with Gasteiger partial charge in [-0.3, -0.25) is 0 Å². The molecule has 0 saturated carbocycles. The Bertz CT molecular complexity index is 1230. The zero-order valence-electron chi connectivity index (χ0n) is 18.2. The molecule has 5 rings (SSSR count). The van der Waals surface area contributed by atoms with Crippen LogP contribution in [0.15, 0.2) is 30.5 Å². The number of hydrogen-bond acceptors (Lipinski definition) is 8. The van der Waals surface area contributed by atoms with Crippen LogP contribution in [0.2, 0.25) is 5.15 Å². The third-order valence-corrected chi connectivity index (χ3v) is 6.49. The Hall–Kier alpha value is -3.19. The molecule has 0 unspecified atom stereocenters. The molecule has 170 valence electrons. The summed E-state index contributed by atoms with van der Waals surface area (Å²) in [6.07, 6.45) is 2.66. The summed E-state index contributed by atoms with van der Waals surface area (Å²) in [6, 6.07) is 9.60. The van der Waals surface area contributed by atoms with E-state index < -0.39 is 5.41 Å². The molecule has 1 saturated heterocycles. The van der Waals surface area contributed by atoms with E-state index in [0.29, 0.717) is 53.8 Å². The molecule has 4 heterocycles. The molecule has 33 heavy (non-hydrogen) atoms. The average molecular weight is 466 g/mol. The van der Waals surface area contributed by atoms with Crippen molar-refractivity contribution in [1.82, 2.24) is 19.7 Å². The normalized spacial score (nSPS) is 21.5. The number of hydrogen-bond donors (Lipinski definition) is 3. The van der Waals surface area contributed by atoms with Gasteiger partial charge < -0.3 is 20.5 Å². The summed E-state index contributed by atoms with van der Waals surface area (Å²) in [4.78, 5) is 9.03. The number of ether oxygens (including phenoxy) is 1. The van der Waals surface area contributed by atoms with Gasteiger partial charge >= 0.3 is 0 Å². The largest absolute Gasteiger partial charge is 0.395 e. The Labute approximate surface area is 196 Å². The molecule has 2 aromatic heterocycles. The topological polar surface area (TPSA) is 121 Å². The molecular weight excluding hydrogens is 442 g/mol. The lowest BCUT2D eigenvalue weighted by Gasteiger charge is -2.21. The molecule has 3 N–H and O–H groups in total. The molecule has 2 aliphatic heterocycles. The second-order valence-corrected chi connectivity index (χ2v) is 9.17. The highest BCUT2D eigenvalue weighted by atomic mass is 35.5. The monoisotopic (exact) mass is 465 g/mol. The van der Waals surface area contributed by atoms with E-state index in [4.69, 9.17) is 16.3 Å². The van der Waals surface area contributed by atoms with Gasteiger partial charge in [0.2, 0.25) is 5.95 Å². The van der Waals surface area contributed by atoms with Crippen LogP contribution in [0.25, 0.3) is 11.3 Å². The highest BCUT2D eigenvalue weighted by molar-refractivity contribution is 6.29. The predicted molar refractivity (Wildman–Crippen MR) is 125 cm³/mol. The van der Waals surface area contributed by atoms with Crippen molar-refractivity contribution in [1.29, 1.82) is 5.26 Å². The van der Waals surface area contributed by atoms with E-state index in [1.165, 1.54) is 0 Å². The molecule has 0 spiro atoms. The second-order valence-electron chi connectivity index (χ2n) is 8.79. The number of nitrogens with zero attached hydrogens (tertiary/aromatic N) is 5. The van der Waals surface area contributed by atoms with Gasteiger partial charge in [0, 0.05) is 48.9 Å². The van der Waals surface area contributed by atoms with E-state index in [1.807, 2.05) is 23.7 Å². The maximum atomic E-state index is 9.95. The Morgan fingerprint density at radius 3 is 3.06 bits per heavy atom. The summed E-state index contributed by atoms with van der Waals surface area (Å²) in [5.41, 5.74) is 3.21. The van der Waals surface area contributed by atoms with Crippen LogP contribution in [0.3, 0.4) is 0 Å². The first kappa shape index (κ1) is 21.6. The van der Waals surface area contributed by atoms with Crippen LogP contribution in [-0.2, 0) is 16.7 Å². The number of aliphatic hydroxyl groups is 1. The number of nitriles is 1. The first-order valence-corrected chi connectivity index (χ1v) is 11.2. The third-order valence-electron chi connectivity index (χ3n) is 6.31. The van der Waals surface area contributed by atoms with Gasteiger partial charge in [-0.05, 0) is 30.2 Å². The molecule has 3 aromatic rings. The predicted octanol–water partition coefficient (Wildman–Crippen LogP) is 3.32. The van der Waals surface area contributed by atoms with Crippen molar-refractivity contribution in [3.05, 3.63) is 46.7 Å². The smallest absolute Gasteiger partial charge is 0.228 e. The number of benzene rings is 1. The van der Waals surface area contributed by atoms with Gasteiger partial charge in [-0.25, -0.2) is 14.6 Å². The first-order chi connectivity index (χ1) is 16.0. The summed E-state index contributed by atoms with van der Waals surface area (Å²) < 4.78 is 7.29. The zero-order chi connectivity index (χ0) is 23.0. The molecule has 10 heteroatoms. The van der Waals surface area contributed by atoms with Gasteiger partial charge in [-0.15, -0.1) is 0 Å². The van der Waals surface area contributed by atoms with E-state index in [0.717, 1.165) is 29.8 Å². The number of nitrogens with one attached hydrogen (secondary N) is 2. The average Bonchev–Trinajstić information content (AvgIpc) is 3.54. The van der Waals surface area contributed by atoms with Gasteiger partial charge in [-0.2, -0.15) is 10.4 Å². The molecule has 2 atom stereocenters. The van der Waals surface area contributed by atoms with Crippen LogP contribution in [0.5, 0.6) is 0 Å². The maximum absolute atomic E-state index is 9.95. The van der Waals surface area contributed by atoms with Gasteiger partial charge in [0.1, 0.15) is 11.9 Å². The van der Waals surface area contributed by atoms with Crippen LogP contribution in [0.4, 0.5) is 17.5 Å². The van der Waals surface area contributed by atoms with Crippen LogP contribution >= 0.6 is 11.6 Å². The fraction of sp³-hybridized carbons (Fsp3) is 0.391. The molecule has 0 radical (unpaired) electrons. The second kappa shape index (κ2) is 8.63. The van der Waals surface area contributed by atoms with Crippen LogP contribution in [0.1, 0.15) is 24.5 Å². The van der Waals surface area contributed by atoms with Crippen LogP contribution < -0.4 is 10.6 Å². The van der Waals surface area contributed by atoms with Gasteiger partial charge in [0.15, 0.2) is 5.15 Å². The lowest BCUT2D eigenvalue weighted by Crippen LogP contribution is -2.28. The lowest BCUT2D eigenvalue weighted by molar-refractivity contribution is 0.181. The van der Waals surface area contributed by atoms with E-state index >= 15 is 0 Å². The quantitative estimate of drug-likeness (QED) is 0.507. The van der Waals surface area contributed by atoms with Gasteiger partial charge in [0.05, 0.1) is 30.2 Å². The minimum absolute atomic E-state index is 0.0192. The summed E-state index contributed by atoms with van der Waals surface area (Å²) in [5.74, 6) is 1.49. The van der Waals surface area contributed by atoms with E-state index in [1.54, 1.807) is 18.3 Å². The van der Waals surface area contributed by atoms with E-state index in [-0.39, 0.29) is 6.61 Å². The molecule has 0 aliphatic carbocycles. The molecule has 1 fully saturated rings. The van der Waals surface area contributed by atoms with E-state index in [9.17, 15) is 10.4 Å². The Morgan fingerprint density at radius 1 is 1.42 bits per heavy atom. The minimum atomic E-state index is -0.460. The molecular formula is C23H24ClN7O2. The summed E-state index contributed by atoms with van der Waals surface area (Å²) >= 11 is 6.17. The Morgan fingerprint density at radius 2 is 2.30 bits per heavy atom. The molecule has 2 aliphatic rings. The first-order valence-electron chi connectivity index (χ1n) is 10.8. The summed E-state index contributed by atoms with van der Waals surface area (Å²) in [5, 5.41) is 30.9. The highest BCUT2D eigenvalue weighted by Crippen LogP contribution is 2.41. The van der Waals surface area contributed by atoms with Crippen LogP contribution in [0, 0.1) is 17.2 Å². The van der Waals surface area contributed by atoms with E-state index in [2.05, 4.69) is 31.8 Å². The van der Waals surface area contributed by atoms with Crippen molar-refractivity contribution in [3.63, 3.8) is 0 Å². The lowest BCUT2D eigenvalue weighted by atomic mass is 9.83. The van der Waals surface area contributed by atoms with Crippen molar-refractivity contribution in [2.45, 2.75) is 25.3 Å². The highest BCUT2D eigenvalue weighted by Gasteiger charge is 2.36. The van der Waals surface area contributed by atoms with Crippen molar-refractivity contribution in [2.75, 3.05) is 37.0 Å². The number of aliphatic hydroxyl groups excluding tert-OH is 1. The van der Waals surface area contributed by atoms with Crippen molar-refractivity contribution in [3.8, 4) is 17.3 Å². The number of anilines is 3. The fourth-order valence-corrected chi connectivity index (χ4v) is 4.55. The third kappa shape index (κ3) is 4.13. The summed E-state index contributed by atoms with van der Waals surface area (Å²) in [7, 11) is 0. The van der Waals surface area contributed by atoms with Crippen molar-refractivity contribution < 1.29 is 9.84 Å². The zero-order valence-corrected chi connectivity index (χ0v) is 18.9. The minimum Gasteiger partial charge on any atom is -0.395 e. The standard InChI is InChI=1S/C23H24ClN7O2/c1-23(13-32)12-27-21-16(9-25)6-15(7-17(21)23)18-2-4-26-22(28-18)29-20-8-19(24)30-31(20)10-14-3-5-33-11-14/h2,4,6-8,14,27,32H,3,5,10-13H2,1H3,(H,26,28,29)/t14-,23+/m0/s1. The number of aromatic nitrogens is 4. The number of halogens is 1. The summed E-state index contributed by atoms with van der Waals surface area (Å²) in [6.45, 7) is 4.70. The van der Waals surface area contributed by atoms with Crippen molar-refractivity contribution >= 4 is 29.1 Å². The SMILES string of the molecule is C[C@]1(CO)CNc2c(C#N)cc(-c3ccnc(Nc4cc(Cl)nn4C[C@@H]4CCOC4)n3)cc21. The van der Waals surface area contributed by atoms with Gasteiger partial charge in [0.25, 0.3) is 0 Å². The molecule has 0 bridgehead atoms. The number of fused-ring (bicyclic) bond motifs is 1. The maximum Gasteiger partial charge on any atom is 0.228 e.